The van der Waals surface area contributed by atoms with Gasteiger partial charge in [0.25, 0.3) is 0 Å². The van der Waals surface area contributed by atoms with E-state index in [0.29, 0.717) is 19.1 Å². The van der Waals surface area contributed by atoms with E-state index in [-0.39, 0.29) is 11.9 Å². The van der Waals surface area contributed by atoms with Crippen molar-refractivity contribution in [3.8, 4) is 0 Å². The Labute approximate surface area is 111 Å². The smallest absolute Gasteiger partial charge is 0.236 e. The monoisotopic (exact) mass is 256 g/mol. The molecule has 1 fully saturated rings. The molecule has 1 unspecified atom stereocenters. The third kappa shape index (κ3) is 6.36. The summed E-state index contributed by atoms with van der Waals surface area (Å²) in [6.45, 7) is 4.07. The van der Waals surface area contributed by atoms with E-state index in [1.165, 1.54) is 32.1 Å². The van der Waals surface area contributed by atoms with Gasteiger partial charge in [-0.1, -0.05) is 32.1 Å². The summed E-state index contributed by atoms with van der Waals surface area (Å²) in [7, 11) is 0. The standard InChI is InChI=1S/C14H28N2O2/c1-2-18-10-6-9-16-14(17)13(15)11-12-7-4-3-5-8-12/h12-13H,2-11,15H2,1H3,(H,16,17). The Morgan fingerprint density at radius 3 is 2.78 bits per heavy atom. The van der Waals surface area contributed by atoms with Gasteiger partial charge in [-0.3, -0.25) is 4.79 Å². The summed E-state index contributed by atoms with van der Waals surface area (Å²) in [6, 6.07) is -0.333. The fourth-order valence-corrected chi connectivity index (χ4v) is 2.55. The van der Waals surface area contributed by atoms with Gasteiger partial charge in [-0.15, -0.1) is 0 Å². The van der Waals surface area contributed by atoms with Gasteiger partial charge in [-0.2, -0.15) is 0 Å². The van der Waals surface area contributed by atoms with E-state index in [4.69, 9.17) is 10.5 Å². The lowest BCUT2D eigenvalue weighted by atomic mass is 9.85. The minimum absolute atomic E-state index is 0.00271. The third-order valence-corrected chi connectivity index (χ3v) is 3.62. The minimum Gasteiger partial charge on any atom is -0.382 e. The summed E-state index contributed by atoms with van der Waals surface area (Å²) in [5.74, 6) is 0.653. The van der Waals surface area contributed by atoms with E-state index in [0.717, 1.165) is 19.4 Å². The molecule has 0 radical (unpaired) electrons. The number of carbonyl (C=O) groups is 1. The van der Waals surface area contributed by atoms with E-state index >= 15 is 0 Å². The molecule has 1 saturated carbocycles. The topological polar surface area (TPSA) is 64.3 Å². The highest BCUT2D eigenvalue weighted by molar-refractivity contribution is 5.81. The first-order valence-corrected chi connectivity index (χ1v) is 7.35. The van der Waals surface area contributed by atoms with Crippen molar-refractivity contribution in [1.29, 1.82) is 0 Å². The average molecular weight is 256 g/mol. The number of ether oxygens (including phenoxy) is 1. The molecule has 0 aromatic heterocycles. The zero-order valence-electron chi connectivity index (χ0n) is 11.6. The Bertz CT molecular complexity index is 228. The van der Waals surface area contributed by atoms with Gasteiger partial charge in [-0.05, 0) is 25.7 Å². The molecule has 3 N–H and O–H groups in total. The Morgan fingerprint density at radius 1 is 1.39 bits per heavy atom. The molecule has 1 amide bonds. The van der Waals surface area contributed by atoms with Crippen molar-refractivity contribution in [3.05, 3.63) is 0 Å². The fourth-order valence-electron chi connectivity index (χ4n) is 2.55. The minimum atomic E-state index is -0.333. The van der Waals surface area contributed by atoms with Crippen molar-refractivity contribution in [3.63, 3.8) is 0 Å². The maximum absolute atomic E-state index is 11.8. The molecule has 0 spiro atoms. The van der Waals surface area contributed by atoms with Gasteiger partial charge in [-0.25, -0.2) is 0 Å². The largest absolute Gasteiger partial charge is 0.382 e. The number of nitrogens with one attached hydrogen (secondary N) is 1. The second-order valence-electron chi connectivity index (χ2n) is 5.19. The lowest BCUT2D eigenvalue weighted by Gasteiger charge is -2.24. The zero-order chi connectivity index (χ0) is 13.2. The van der Waals surface area contributed by atoms with Crippen LogP contribution in [0.1, 0.15) is 51.9 Å². The lowest BCUT2D eigenvalue weighted by molar-refractivity contribution is -0.122. The van der Waals surface area contributed by atoms with Crippen molar-refractivity contribution in [1.82, 2.24) is 5.32 Å². The van der Waals surface area contributed by atoms with Crippen LogP contribution >= 0.6 is 0 Å². The predicted molar refractivity (Wildman–Crippen MR) is 73.3 cm³/mol. The SMILES string of the molecule is CCOCCCNC(=O)C(N)CC1CCCCC1. The molecule has 4 heteroatoms. The Balaban J connectivity index is 2.08. The number of hydrogen-bond donors (Lipinski definition) is 2. The van der Waals surface area contributed by atoms with Crippen molar-refractivity contribution in [2.45, 2.75) is 57.9 Å². The van der Waals surface area contributed by atoms with Crippen LogP contribution in [0.15, 0.2) is 0 Å². The van der Waals surface area contributed by atoms with Crippen molar-refractivity contribution >= 4 is 5.91 Å². The van der Waals surface area contributed by atoms with E-state index in [1.807, 2.05) is 6.92 Å². The molecule has 0 aliphatic heterocycles. The molecule has 0 aromatic rings. The quantitative estimate of drug-likeness (QED) is 0.651. The van der Waals surface area contributed by atoms with Crippen LogP contribution in [0.3, 0.4) is 0 Å². The second-order valence-corrected chi connectivity index (χ2v) is 5.19. The summed E-state index contributed by atoms with van der Waals surface area (Å²) in [6.07, 6.45) is 8.12. The number of amides is 1. The summed E-state index contributed by atoms with van der Waals surface area (Å²) in [4.78, 5) is 11.8. The molecular weight excluding hydrogens is 228 g/mol. The van der Waals surface area contributed by atoms with Crippen LogP contribution in [-0.4, -0.2) is 31.7 Å². The van der Waals surface area contributed by atoms with Crippen molar-refractivity contribution in [2.75, 3.05) is 19.8 Å². The first-order valence-electron chi connectivity index (χ1n) is 7.35. The Morgan fingerprint density at radius 2 is 2.11 bits per heavy atom. The molecule has 0 heterocycles. The molecule has 0 aromatic carbocycles. The second kappa shape index (κ2) is 9.34. The molecular formula is C14H28N2O2. The van der Waals surface area contributed by atoms with Crippen LogP contribution in [0.4, 0.5) is 0 Å². The van der Waals surface area contributed by atoms with Gasteiger partial charge in [0.1, 0.15) is 0 Å². The summed E-state index contributed by atoms with van der Waals surface area (Å²) >= 11 is 0. The molecule has 1 rings (SSSR count). The van der Waals surface area contributed by atoms with E-state index in [2.05, 4.69) is 5.32 Å². The van der Waals surface area contributed by atoms with Crippen LogP contribution < -0.4 is 11.1 Å². The number of nitrogens with two attached hydrogens (primary N) is 1. The Hall–Kier alpha value is -0.610. The number of carbonyl (C=O) groups excluding carboxylic acids is 1. The summed E-state index contributed by atoms with van der Waals surface area (Å²) in [5.41, 5.74) is 5.95. The first-order chi connectivity index (χ1) is 8.74. The normalized spacial score (nSPS) is 18.6. The maximum atomic E-state index is 11.8. The third-order valence-electron chi connectivity index (χ3n) is 3.62. The van der Waals surface area contributed by atoms with Crippen LogP contribution in [0.5, 0.6) is 0 Å². The van der Waals surface area contributed by atoms with E-state index < -0.39 is 0 Å². The van der Waals surface area contributed by atoms with Gasteiger partial charge in [0.2, 0.25) is 5.91 Å². The molecule has 106 valence electrons. The van der Waals surface area contributed by atoms with E-state index in [9.17, 15) is 4.79 Å². The Kier molecular flexibility index (Phi) is 8.01. The fraction of sp³-hybridized carbons (Fsp3) is 0.929. The molecule has 4 nitrogen and oxygen atoms in total. The molecule has 0 saturated heterocycles. The highest BCUT2D eigenvalue weighted by Crippen LogP contribution is 2.26. The maximum Gasteiger partial charge on any atom is 0.236 e. The van der Waals surface area contributed by atoms with Gasteiger partial charge in [0.05, 0.1) is 6.04 Å². The summed E-state index contributed by atoms with van der Waals surface area (Å²) < 4.78 is 5.21. The molecule has 1 aliphatic rings. The van der Waals surface area contributed by atoms with Crippen LogP contribution in [0, 0.1) is 5.92 Å². The van der Waals surface area contributed by atoms with Crippen molar-refractivity contribution < 1.29 is 9.53 Å². The molecule has 18 heavy (non-hydrogen) atoms. The zero-order valence-corrected chi connectivity index (χ0v) is 11.6. The van der Waals surface area contributed by atoms with Gasteiger partial charge < -0.3 is 15.8 Å². The number of hydrogen-bond acceptors (Lipinski definition) is 3. The van der Waals surface area contributed by atoms with Gasteiger partial charge >= 0.3 is 0 Å². The van der Waals surface area contributed by atoms with E-state index in [1.54, 1.807) is 0 Å². The van der Waals surface area contributed by atoms with Crippen molar-refractivity contribution in [2.24, 2.45) is 11.7 Å². The van der Waals surface area contributed by atoms with Crippen LogP contribution in [0.2, 0.25) is 0 Å². The van der Waals surface area contributed by atoms with Crippen LogP contribution in [0.25, 0.3) is 0 Å². The average Bonchev–Trinajstić information content (AvgIpc) is 2.39. The van der Waals surface area contributed by atoms with Gasteiger partial charge in [0.15, 0.2) is 0 Å². The highest BCUT2D eigenvalue weighted by Gasteiger charge is 2.20. The molecule has 1 atom stereocenters. The van der Waals surface area contributed by atoms with Crippen LogP contribution in [-0.2, 0) is 9.53 Å². The lowest BCUT2D eigenvalue weighted by Crippen LogP contribution is -2.42. The molecule has 1 aliphatic carbocycles. The molecule has 0 bridgehead atoms. The van der Waals surface area contributed by atoms with Gasteiger partial charge in [0, 0.05) is 19.8 Å². The highest BCUT2D eigenvalue weighted by atomic mass is 16.5. The first kappa shape index (κ1) is 15.4. The number of rotatable bonds is 8. The summed E-state index contributed by atoms with van der Waals surface area (Å²) in [5, 5.41) is 2.89. The predicted octanol–water partition coefficient (Wildman–Crippen LogP) is 1.83.